The monoisotopic (exact) mass is 819 g/mol. The molecule has 0 saturated carbocycles. The van der Waals surface area contributed by atoms with Crippen molar-refractivity contribution in [2.45, 2.75) is 25.6 Å². The maximum atomic E-state index is 13.7. The van der Waals surface area contributed by atoms with Gasteiger partial charge in [-0.2, -0.15) is 13.2 Å². The minimum absolute atomic E-state index is 0.151. The van der Waals surface area contributed by atoms with Gasteiger partial charge in [-0.05, 0) is 73.0 Å². The number of thiocarbonyl (C=S) groups is 1. The number of hydrogen-bond donors (Lipinski definition) is 1. The van der Waals surface area contributed by atoms with E-state index in [2.05, 4.69) is 9.80 Å². The fourth-order valence-electron chi connectivity index (χ4n) is 6.39. The molecule has 3 aromatic carbocycles. The maximum Gasteiger partial charge on any atom is 0.416 e. The Hall–Kier alpha value is -3.70. The Balaban J connectivity index is 1.15. The fourth-order valence-corrected chi connectivity index (χ4v) is 7.92. The van der Waals surface area contributed by atoms with Gasteiger partial charge in [0.25, 0.3) is 5.91 Å². The number of carboxylic acids is 1. The molecule has 294 valence electrons. The highest BCUT2D eigenvalue weighted by Gasteiger charge is 2.33. The Kier molecular flexibility index (Phi) is 14.1. The zero-order valence-electron chi connectivity index (χ0n) is 29.9. The third-order valence-electron chi connectivity index (χ3n) is 9.34. The molecule has 16 heteroatoms. The van der Waals surface area contributed by atoms with E-state index in [9.17, 15) is 27.9 Å². The van der Waals surface area contributed by atoms with E-state index in [1.807, 2.05) is 0 Å². The van der Waals surface area contributed by atoms with E-state index in [1.54, 1.807) is 36.4 Å². The second-order valence-corrected chi connectivity index (χ2v) is 15.2. The molecule has 1 amide bonds. The molecule has 3 saturated heterocycles. The minimum atomic E-state index is -4.55. The number of hydrogen-bond acceptors (Lipinski definition) is 10. The highest BCUT2D eigenvalue weighted by molar-refractivity contribution is 8.26. The van der Waals surface area contributed by atoms with Crippen LogP contribution in [0.2, 0.25) is 5.02 Å². The molecule has 0 aromatic heterocycles. The molecule has 3 aliphatic rings. The van der Waals surface area contributed by atoms with E-state index in [0.29, 0.717) is 77.9 Å². The number of carbonyl (C=O) groups is 2. The molecule has 0 aliphatic carbocycles. The summed E-state index contributed by atoms with van der Waals surface area (Å²) in [5.41, 5.74) is 1.22. The first-order chi connectivity index (χ1) is 26.5. The molecule has 3 aliphatic heterocycles. The molecule has 1 N–H and O–H groups in total. The summed E-state index contributed by atoms with van der Waals surface area (Å²) in [4.78, 5) is 31.7. The number of morpholine rings is 2. The van der Waals surface area contributed by atoms with Crippen LogP contribution in [-0.4, -0.2) is 115 Å². The summed E-state index contributed by atoms with van der Waals surface area (Å²) < 4.78 is 64.4. The summed E-state index contributed by atoms with van der Waals surface area (Å²) in [5, 5.41) is 9.69. The van der Waals surface area contributed by atoms with Crippen LogP contribution in [0.1, 0.15) is 39.9 Å². The van der Waals surface area contributed by atoms with Crippen molar-refractivity contribution in [2.75, 3.05) is 78.9 Å². The second kappa shape index (κ2) is 19.0. The Morgan fingerprint density at radius 1 is 0.891 bits per heavy atom. The largest absolute Gasteiger partial charge is 0.493 e. The lowest BCUT2D eigenvalue weighted by Crippen LogP contribution is -2.37. The standard InChI is InChI=1S/C39H41ClF3N3O7S2/c40-32-6-5-30(39(41,42)43)24-31(32)26-3-7-33(52-15-1-9-44-11-17-50-18-12-44)28(21-26)23-35-36(47)46(38(54)55-35)10-2-16-53-34-8-4-27(37(48)49)22-29(34)25-45-13-19-51-20-14-45/h3-8,21-24H,1-2,9-20,25H2,(H,48,49). The first-order valence-corrected chi connectivity index (χ1v) is 19.5. The maximum absolute atomic E-state index is 13.7. The smallest absolute Gasteiger partial charge is 0.416 e. The molecule has 10 nitrogen and oxygen atoms in total. The predicted octanol–water partition coefficient (Wildman–Crippen LogP) is 7.33. The number of aromatic carboxylic acids is 1. The summed E-state index contributed by atoms with van der Waals surface area (Å²) in [5.74, 6) is -0.297. The van der Waals surface area contributed by atoms with Crippen molar-refractivity contribution >= 4 is 57.9 Å². The third-order valence-corrected chi connectivity index (χ3v) is 11.1. The first-order valence-electron chi connectivity index (χ1n) is 17.9. The summed E-state index contributed by atoms with van der Waals surface area (Å²) in [6.45, 7) is 7.98. The fraction of sp³-hybridized carbons (Fsp3) is 0.410. The Labute approximate surface area is 332 Å². The van der Waals surface area contributed by atoms with Gasteiger partial charge in [-0.3, -0.25) is 19.5 Å². The lowest BCUT2D eigenvalue weighted by atomic mass is 9.99. The SMILES string of the molecule is O=C(O)c1ccc(OCCCN2C(=O)C(=Cc3cc(-c4cc(C(F)(F)F)ccc4Cl)ccc3OCCCN3CCOCC3)SC2=S)c(CN2CCOCC2)c1. The van der Waals surface area contributed by atoms with Crippen molar-refractivity contribution in [2.24, 2.45) is 0 Å². The van der Waals surface area contributed by atoms with Crippen LogP contribution in [-0.2, 0) is 27.0 Å². The van der Waals surface area contributed by atoms with E-state index >= 15 is 0 Å². The van der Waals surface area contributed by atoms with Crippen LogP contribution in [0.25, 0.3) is 17.2 Å². The van der Waals surface area contributed by atoms with Gasteiger partial charge in [0, 0.05) is 67.5 Å². The van der Waals surface area contributed by atoms with Crippen molar-refractivity contribution in [3.8, 4) is 22.6 Å². The van der Waals surface area contributed by atoms with Crippen molar-refractivity contribution in [3.63, 3.8) is 0 Å². The van der Waals surface area contributed by atoms with Gasteiger partial charge in [0.1, 0.15) is 15.8 Å². The molecule has 3 fully saturated rings. The zero-order valence-corrected chi connectivity index (χ0v) is 32.3. The molecule has 6 rings (SSSR count). The lowest BCUT2D eigenvalue weighted by Gasteiger charge is -2.27. The van der Waals surface area contributed by atoms with Crippen LogP contribution in [0.5, 0.6) is 11.5 Å². The normalized spacial score (nSPS) is 18.0. The average molecular weight is 820 g/mol. The van der Waals surface area contributed by atoms with E-state index < -0.39 is 17.7 Å². The average Bonchev–Trinajstić information content (AvgIpc) is 3.43. The number of carbonyl (C=O) groups excluding carboxylic acids is 1. The number of amides is 1. The van der Waals surface area contributed by atoms with Gasteiger partial charge in [0.2, 0.25) is 0 Å². The number of ether oxygens (including phenoxy) is 4. The molecule has 55 heavy (non-hydrogen) atoms. The highest BCUT2D eigenvalue weighted by atomic mass is 35.5. The van der Waals surface area contributed by atoms with Gasteiger partial charge in [-0.1, -0.05) is 41.6 Å². The molecule has 0 atom stereocenters. The zero-order chi connectivity index (χ0) is 39.0. The van der Waals surface area contributed by atoms with E-state index in [0.717, 1.165) is 68.6 Å². The van der Waals surface area contributed by atoms with Crippen molar-refractivity contribution in [3.05, 3.63) is 86.8 Å². The van der Waals surface area contributed by atoms with E-state index in [4.69, 9.17) is 42.8 Å². The summed E-state index contributed by atoms with van der Waals surface area (Å²) in [7, 11) is 0. The van der Waals surface area contributed by atoms with Crippen molar-refractivity contribution in [1.29, 1.82) is 0 Å². The molecule has 0 radical (unpaired) electrons. The van der Waals surface area contributed by atoms with Gasteiger partial charge in [-0.15, -0.1) is 0 Å². The number of halogens is 4. The Morgan fingerprint density at radius 3 is 2.24 bits per heavy atom. The summed E-state index contributed by atoms with van der Waals surface area (Å²) in [6.07, 6.45) is -1.72. The highest BCUT2D eigenvalue weighted by Crippen LogP contribution is 2.39. The van der Waals surface area contributed by atoms with Gasteiger partial charge in [0.15, 0.2) is 0 Å². The van der Waals surface area contributed by atoms with Gasteiger partial charge >= 0.3 is 12.1 Å². The van der Waals surface area contributed by atoms with Gasteiger partial charge in [-0.25, -0.2) is 4.79 Å². The second-order valence-electron chi connectivity index (χ2n) is 13.2. The van der Waals surface area contributed by atoms with E-state index in [1.165, 1.54) is 17.0 Å². The number of rotatable bonds is 15. The van der Waals surface area contributed by atoms with Crippen LogP contribution in [0.3, 0.4) is 0 Å². The van der Waals surface area contributed by atoms with Crippen LogP contribution < -0.4 is 9.47 Å². The number of nitrogens with zero attached hydrogens (tertiary/aromatic N) is 3. The number of benzene rings is 3. The van der Waals surface area contributed by atoms with Crippen LogP contribution in [0.15, 0.2) is 59.5 Å². The molecule has 0 bridgehead atoms. The summed E-state index contributed by atoms with van der Waals surface area (Å²) in [6, 6.07) is 13.0. The predicted molar refractivity (Wildman–Crippen MR) is 209 cm³/mol. The van der Waals surface area contributed by atoms with E-state index in [-0.39, 0.29) is 35.2 Å². The first kappa shape index (κ1) is 40.9. The molecular formula is C39H41ClF3N3O7S2. The van der Waals surface area contributed by atoms with Gasteiger partial charge in [0.05, 0.1) is 55.7 Å². The van der Waals surface area contributed by atoms with Crippen molar-refractivity contribution in [1.82, 2.24) is 14.7 Å². The van der Waals surface area contributed by atoms with Crippen LogP contribution in [0.4, 0.5) is 13.2 Å². The quantitative estimate of drug-likeness (QED) is 0.0949. The topological polar surface area (TPSA) is 101 Å². The number of alkyl halides is 3. The summed E-state index contributed by atoms with van der Waals surface area (Å²) >= 11 is 13.1. The Bertz CT molecular complexity index is 1900. The lowest BCUT2D eigenvalue weighted by molar-refractivity contribution is -0.137. The number of thioether (sulfide) groups is 1. The molecule has 3 aromatic rings. The molecule has 3 heterocycles. The molecule has 0 spiro atoms. The van der Waals surface area contributed by atoms with Gasteiger partial charge < -0.3 is 24.1 Å². The van der Waals surface area contributed by atoms with Crippen LogP contribution in [0, 0.1) is 0 Å². The number of carboxylic acid groups (broad SMARTS) is 1. The molecule has 0 unspecified atom stereocenters. The van der Waals surface area contributed by atoms with Crippen molar-refractivity contribution < 1.29 is 46.8 Å². The van der Waals surface area contributed by atoms with Crippen LogP contribution >= 0.6 is 35.6 Å². The Morgan fingerprint density at radius 2 is 1.55 bits per heavy atom. The molecular weight excluding hydrogens is 779 g/mol. The minimum Gasteiger partial charge on any atom is -0.493 e. The third kappa shape index (κ3) is 11.0.